The Morgan fingerprint density at radius 2 is 1.90 bits per heavy atom. The normalized spacial score (nSPS) is 10.1. The van der Waals surface area contributed by atoms with Gasteiger partial charge in [-0.1, -0.05) is 0 Å². The van der Waals surface area contributed by atoms with Crippen LogP contribution in [0.1, 0.15) is 16.1 Å². The van der Waals surface area contributed by atoms with Crippen molar-refractivity contribution in [2.45, 2.75) is 6.92 Å². The van der Waals surface area contributed by atoms with Crippen molar-refractivity contribution in [3.8, 4) is 11.5 Å². The largest absolute Gasteiger partial charge is 0.497 e. The molecule has 1 aromatic carbocycles. The van der Waals surface area contributed by atoms with E-state index in [0.29, 0.717) is 18.7 Å². The molecule has 2 rings (SSSR count). The molecule has 0 saturated heterocycles. The summed E-state index contributed by atoms with van der Waals surface area (Å²) in [4.78, 5) is 14.8. The third-order valence-electron chi connectivity index (χ3n) is 2.91. The molecule has 0 aliphatic rings. The molecule has 2 N–H and O–H groups in total. The van der Waals surface area contributed by atoms with E-state index in [9.17, 15) is 4.79 Å². The number of aromatic amines is 1. The van der Waals surface area contributed by atoms with E-state index in [4.69, 9.17) is 9.47 Å². The van der Waals surface area contributed by atoms with Crippen molar-refractivity contribution < 1.29 is 14.3 Å². The minimum atomic E-state index is -0.0953. The Labute approximate surface area is 117 Å². The molecule has 0 saturated carbocycles. The summed E-state index contributed by atoms with van der Waals surface area (Å²) in [6.07, 6.45) is 1.75. The van der Waals surface area contributed by atoms with E-state index in [1.807, 2.05) is 31.2 Å². The molecule has 0 bridgehead atoms. The highest BCUT2D eigenvalue weighted by Crippen LogP contribution is 2.16. The molecule has 5 heteroatoms. The third-order valence-corrected chi connectivity index (χ3v) is 2.91. The summed E-state index contributed by atoms with van der Waals surface area (Å²) in [7, 11) is 1.62. The predicted molar refractivity (Wildman–Crippen MR) is 76.4 cm³/mol. The zero-order valence-electron chi connectivity index (χ0n) is 11.6. The van der Waals surface area contributed by atoms with Crippen LogP contribution in [0.2, 0.25) is 0 Å². The van der Waals surface area contributed by atoms with Crippen LogP contribution in [0.3, 0.4) is 0 Å². The molecular weight excluding hydrogens is 256 g/mol. The molecule has 5 nitrogen and oxygen atoms in total. The summed E-state index contributed by atoms with van der Waals surface area (Å²) >= 11 is 0. The van der Waals surface area contributed by atoms with Gasteiger partial charge < -0.3 is 19.8 Å². The Hall–Kier alpha value is -2.43. The van der Waals surface area contributed by atoms with Gasteiger partial charge in [0.25, 0.3) is 5.91 Å². The number of hydrogen-bond acceptors (Lipinski definition) is 3. The van der Waals surface area contributed by atoms with Crippen LogP contribution in [0.25, 0.3) is 0 Å². The highest BCUT2D eigenvalue weighted by Gasteiger charge is 2.08. The highest BCUT2D eigenvalue weighted by molar-refractivity contribution is 5.95. The first kappa shape index (κ1) is 14.0. The standard InChI is InChI=1S/C15H18N2O3/c1-11-14(7-8-16-11)15(18)17-9-10-20-13-5-3-12(19-2)4-6-13/h3-8,16H,9-10H2,1-2H3,(H,17,18). The van der Waals surface area contributed by atoms with Gasteiger partial charge >= 0.3 is 0 Å². The number of hydrogen-bond donors (Lipinski definition) is 2. The Kier molecular flexibility index (Phi) is 4.65. The van der Waals surface area contributed by atoms with Gasteiger partial charge in [0, 0.05) is 11.9 Å². The lowest BCUT2D eigenvalue weighted by molar-refractivity contribution is 0.0946. The molecule has 0 aliphatic heterocycles. The van der Waals surface area contributed by atoms with E-state index in [-0.39, 0.29) is 5.91 Å². The molecule has 0 fully saturated rings. The number of benzene rings is 1. The molecule has 0 aliphatic carbocycles. The number of methoxy groups -OCH3 is 1. The van der Waals surface area contributed by atoms with Gasteiger partial charge in [-0.3, -0.25) is 4.79 Å². The second-order valence-corrected chi connectivity index (χ2v) is 4.30. The number of carbonyl (C=O) groups excluding carboxylic acids is 1. The fourth-order valence-corrected chi connectivity index (χ4v) is 1.80. The fourth-order valence-electron chi connectivity index (χ4n) is 1.80. The van der Waals surface area contributed by atoms with E-state index < -0.39 is 0 Å². The first-order chi connectivity index (χ1) is 9.70. The van der Waals surface area contributed by atoms with Crippen molar-refractivity contribution in [1.82, 2.24) is 10.3 Å². The van der Waals surface area contributed by atoms with Crippen molar-refractivity contribution in [2.75, 3.05) is 20.3 Å². The van der Waals surface area contributed by atoms with Crippen LogP contribution in [0.15, 0.2) is 36.5 Å². The number of nitrogens with one attached hydrogen (secondary N) is 2. The van der Waals surface area contributed by atoms with Crippen molar-refractivity contribution in [3.63, 3.8) is 0 Å². The number of aryl methyl sites for hydroxylation is 1. The number of aromatic nitrogens is 1. The topological polar surface area (TPSA) is 63.4 Å². The molecule has 0 atom stereocenters. The number of H-pyrrole nitrogens is 1. The van der Waals surface area contributed by atoms with Crippen LogP contribution in [0.5, 0.6) is 11.5 Å². The summed E-state index contributed by atoms with van der Waals surface area (Å²) in [5.41, 5.74) is 1.52. The van der Waals surface area contributed by atoms with Crippen LogP contribution < -0.4 is 14.8 Å². The average Bonchev–Trinajstić information content (AvgIpc) is 2.90. The minimum Gasteiger partial charge on any atom is -0.497 e. The molecule has 0 radical (unpaired) electrons. The number of ether oxygens (including phenoxy) is 2. The van der Waals surface area contributed by atoms with Crippen LogP contribution in [0, 0.1) is 6.92 Å². The molecule has 0 unspecified atom stereocenters. The number of carbonyl (C=O) groups is 1. The Bertz CT molecular complexity index is 561. The Balaban J connectivity index is 1.73. The van der Waals surface area contributed by atoms with Crippen molar-refractivity contribution in [1.29, 1.82) is 0 Å². The van der Waals surface area contributed by atoms with Crippen LogP contribution >= 0.6 is 0 Å². The lowest BCUT2D eigenvalue weighted by Crippen LogP contribution is -2.28. The van der Waals surface area contributed by atoms with Crippen molar-refractivity contribution in [2.24, 2.45) is 0 Å². The predicted octanol–water partition coefficient (Wildman–Crippen LogP) is 2.14. The first-order valence-corrected chi connectivity index (χ1v) is 6.39. The molecule has 20 heavy (non-hydrogen) atoms. The summed E-state index contributed by atoms with van der Waals surface area (Å²) in [5, 5.41) is 2.81. The molecule has 2 aromatic rings. The molecule has 1 amide bonds. The summed E-state index contributed by atoms with van der Waals surface area (Å²) in [5.74, 6) is 1.44. The molecule has 1 heterocycles. The summed E-state index contributed by atoms with van der Waals surface area (Å²) in [6.45, 7) is 2.74. The Morgan fingerprint density at radius 1 is 1.20 bits per heavy atom. The van der Waals surface area contributed by atoms with Gasteiger partial charge in [-0.25, -0.2) is 0 Å². The first-order valence-electron chi connectivity index (χ1n) is 6.39. The molecule has 1 aromatic heterocycles. The second kappa shape index (κ2) is 6.65. The maximum absolute atomic E-state index is 11.8. The second-order valence-electron chi connectivity index (χ2n) is 4.30. The van der Waals surface area contributed by atoms with Gasteiger partial charge in [0.15, 0.2) is 0 Å². The monoisotopic (exact) mass is 274 g/mol. The summed E-state index contributed by atoms with van der Waals surface area (Å²) < 4.78 is 10.6. The maximum Gasteiger partial charge on any atom is 0.253 e. The van der Waals surface area contributed by atoms with Crippen LogP contribution in [-0.4, -0.2) is 31.2 Å². The highest BCUT2D eigenvalue weighted by atomic mass is 16.5. The zero-order chi connectivity index (χ0) is 14.4. The van der Waals surface area contributed by atoms with E-state index in [1.165, 1.54) is 0 Å². The summed E-state index contributed by atoms with van der Waals surface area (Å²) in [6, 6.07) is 9.08. The van der Waals surface area contributed by atoms with Crippen molar-refractivity contribution >= 4 is 5.91 Å². The lowest BCUT2D eigenvalue weighted by atomic mass is 10.2. The van der Waals surface area contributed by atoms with E-state index in [1.54, 1.807) is 19.4 Å². The van der Waals surface area contributed by atoms with Crippen LogP contribution in [-0.2, 0) is 0 Å². The zero-order valence-corrected chi connectivity index (χ0v) is 11.6. The minimum absolute atomic E-state index is 0.0953. The van der Waals surface area contributed by atoms with Gasteiger partial charge in [-0.05, 0) is 37.3 Å². The fraction of sp³-hybridized carbons (Fsp3) is 0.267. The van der Waals surface area contributed by atoms with Gasteiger partial charge in [0.1, 0.15) is 18.1 Å². The quantitative estimate of drug-likeness (QED) is 0.793. The number of rotatable bonds is 6. The SMILES string of the molecule is COc1ccc(OCCNC(=O)c2cc[nH]c2C)cc1. The van der Waals surface area contributed by atoms with E-state index in [0.717, 1.165) is 17.2 Å². The van der Waals surface area contributed by atoms with Crippen LogP contribution in [0.4, 0.5) is 0 Å². The smallest absolute Gasteiger partial charge is 0.253 e. The molecule has 106 valence electrons. The number of amides is 1. The lowest BCUT2D eigenvalue weighted by Gasteiger charge is -2.08. The van der Waals surface area contributed by atoms with Gasteiger partial charge in [-0.15, -0.1) is 0 Å². The van der Waals surface area contributed by atoms with Gasteiger partial charge in [-0.2, -0.15) is 0 Å². The third kappa shape index (κ3) is 3.54. The van der Waals surface area contributed by atoms with Gasteiger partial charge in [0.05, 0.1) is 19.2 Å². The van der Waals surface area contributed by atoms with E-state index in [2.05, 4.69) is 10.3 Å². The van der Waals surface area contributed by atoms with Crippen molar-refractivity contribution in [3.05, 3.63) is 47.8 Å². The average molecular weight is 274 g/mol. The molecular formula is C15H18N2O3. The maximum atomic E-state index is 11.8. The van der Waals surface area contributed by atoms with E-state index >= 15 is 0 Å². The van der Waals surface area contributed by atoms with Gasteiger partial charge in [0.2, 0.25) is 0 Å². The Morgan fingerprint density at radius 3 is 2.50 bits per heavy atom. The molecule has 0 spiro atoms.